The quantitative estimate of drug-likeness (QED) is 0.866. The summed E-state index contributed by atoms with van der Waals surface area (Å²) < 4.78 is 13.6. The van der Waals surface area contributed by atoms with Crippen molar-refractivity contribution in [1.82, 2.24) is 4.90 Å². The molecule has 0 bridgehead atoms. The molecule has 0 atom stereocenters. The normalized spacial score (nSPS) is 19.6. The SMILES string of the molecule is CC1(C)CCCN(Cc2ccc(F)c(C(N)=S)c2)CC1. The second-order valence-electron chi connectivity index (χ2n) is 6.47. The van der Waals surface area contributed by atoms with Crippen LogP contribution in [0.2, 0.25) is 0 Å². The Labute approximate surface area is 126 Å². The van der Waals surface area contributed by atoms with E-state index in [0.29, 0.717) is 11.0 Å². The average Bonchev–Trinajstić information content (AvgIpc) is 2.53. The predicted molar refractivity (Wildman–Crippen MR) is 85.2 cm³/mol. The number of nitrogens with two attached hydrogens (primary N) is 1. The first-order valence-electron chi connectivity index (χ1n) is 7.18. The highest BCUT2D eigenvalue weighted by molar-refractivity contribution is 7.80. The van der Waals surface area contributed by atoms with Crippen molar-refractivity contribution in [3.05, 3.63) is 35.1 Å². The van der Waals surface area contributed by atoms with Gasteiger partial charge >= 0.3 is 0 Å². The maximum absolute atomic E-state index is 13.6. The van der Waals surface area contributed by atoms with Gasteiger partial charge in [0.1, 0.15) is 10.8 Å². The number of hydrogen-bond donors (Lipinski definition) is 1. The van der Waals surface area contributed by atoms with Gasteiger partial charge in [0, 0.05) is 12.1 Å². The summed E-state index contributed by atoms with van der Waals surface area (Å²) in [5.74, 6) is -0.335. The highest BCUT2D eigenvalue weighted by Gasteiger charge is 2.23. The third-order valence-corrected chi connectivity index (χ3v) is 4.36. The van der Waals surface area contributed by atoms with E-state index in [1.807, 2.05) is 6.07 Å². The van der Waals surface area contributed by atoms with Gasteiger partial charge in [-0.15, -0.1) is 0 Å². The van der Waals surface area contributed by atoms with E-state index >= 15 is 0 Å². The van der Waals surface area contributed by atoms with Crippen LogP contribution in [0, 0.1) is 11.2 Å². The number of nitrogens with zero attached hydrogens (tertiary/aromatic N) is 1. The van der Waals surface area contributed by atoms with Gasteiger partial charge in [-0.05, 0) is 55.5 Å². The number of halogens is 1. The molecule has 0 unspecified atom stereocenters. The second kappa shape index (κ2) is 6.19. The minimum atomic E-state index is -0.335. The summed E-state index contributed by atoms with van der Waals surface area (Å²) in [6.45, 7) is 7.70. The minimum absolute atomic E-state index is 0.126. The molecule has 2 nitrogen and oxygen atoms in total. The zero-order valence-electron chi connectivity index (χ0n) is 12.3. The molecule has 110 valence electrons. The van der Waals surface area contributed by atoms with Crippen molar-refractivity contribution in [3.63, 3.8) is 0 Å². The Kier molecular flexibility index (Phi) is 4.76. The van der Waals surface area contributed by atoms with Crippen molar-refractivity contribution >= 4 is 17.2 Å². The molecule has 1 aliphatic heterocycles. The van der Waals surface area contributed by atoms with Crippen LogP contribution in [-0.4, -0.2) is 23.0 Å². The Bertz CT molecular complexity index is 499. The number of thiocarbonyl (C=S) groups is 1. The highest BCUT2D eigenvalue weighted by atomic mass is 32.1. The lowest BCUT2D eigenvalue weighted by atomic mass is 9.85. The zero-order chi connectivity index (χ0) is 14.8. The smallest absolute Gasteiger partial charge is 0.133 e. The minimum Gasteiger partial charge on any atom is -0.389 e. The fraction of sp³-hybridized carbons (Fsp3) is 0.562. The third-order valence-electron chi connectivity index (χ3n) is 4.14. The van der Waals surface area contributed by atoms with Crippen molar-refractivity contribution in [2.75, 3.05) is 13.1 Å². The Balaban J connectivity index is 2.06. The topological polar surface area (TPSA) is 29.3 Å². The number of rotatable bonds is 3. The summed E-state index contributed by atoms with van der Waals surface area (Å²) in [7, 11) is 0. The van der Waals surface area contributed by atoms with Gasteiger partial charge < -0.3 is 5.73 Å². The first kappa shape index (κ1) is 15.4. The zero-order valence-corrected chi connectivity index (χ0v) is 13.1. The lowest BCUT2D eigenvalue weighted by Crippen LogP contribution is -2.25. The van der Waals surface area contributed by atoms with E-state index in [1.54, 1.807) is 6.07 Å². The molecule has 0 aromatic heterocycles. The van der Waals surface area contributed by atoms with E-state index in [9.17, 15) is 4.39 Å². The van der Waals surface area contributed by atoms with Crippen molar-refractivity contribution in [2.45, 2.75) is 39.7 Å². The molecule has 0 saturated carbocycles. The second-order valence-corrected chi connectivity index (χ2v) is 6.91. The van der Waals surface area contributed by atoms with E-state index in [4.69, 9.17) is 18.0 Å². The van der Waals surface area contributed by atoms with Gasteiger partial charge in [-0.25, -0.2) is 4.39 Å². The van der Waals surface area contributed by atoms with Crippen LogP contribution in [0.15, 0.2) is 18.2 Å². The molecule has 1 saturated heterocycles. The first-order chi connectivity index (χ1) is 9.37. The predicted octanol–water partition coefficient (Wildman–Crippen LogP) is 3.47. The molecule has 1 aromatic rings. The summed E-state index contributed by atoms with van der Waals surface area (Å²) in [6, 6.07) is 5.08. The van der Waals surface area contributed by atoms with Gasteiger partial charge in [0.25, 0.3) is 0 Å². The molecule has 0 radical (unpaired) electrons. The summed E-state index contributed by atoms with van der Waals surface area (Å²) >= 11 is 4.89. The highest BCUT2D eigenvalue weighted by Crippen LogP contribution is 2.30. The van der Waals surface area contributed by atoms with Gasteiger partial charge in [0.15, 0.2) is 0 Å². The average molecular weight is 294 g/mol. The third kappa shape index (κ3) is 4.00. The number of benzene rings is 1. The van der Waals surface area contributed by atoms with Gasteiger partial charge in [-0.2, -0.15) is 0 Å². The van der Waals surface area contributed by atoms with Crippen LogP contribution in [0.1, 0.15) is 44.2 Å². The van der Waals surface area contributed by atoms with Crippen LogP contribution in [0.25, 0.3) is 0 Å². The van der Waals surface area contributed by atoms with E-state index in [1.165, 1.54) is 25.3 Å². The fourth-order valence-electron chi connectivity index (χ4n) is 2.75. The first-order valence-corrected chi connectivity index (χ1v) is 7.59. The van der Waals surface area contributed by atoms with Crippen LogP contribution in [0.5, 0.6) is 0 Å². The molecule has 1 heterocycles. The van der Waals surface area contributed by atoms with Crippen molar-refractivity contribution in [1.29, 1.82) is 0 Å². The van der Waals surface area contributed by atoms with E-state index in [0.717, 1.165) is 25.2 Å². The van der Waals surface area contributed by atoms with Crippen molar-refractivity contribution in [2.24, 2.45) is 11.1 Å². The molecule has 1 aliphatic rings. The Morgan fingerprint density at radius 1 is 1.35 bits per heavy atom. The molecule has 1 aromatic carbocycles. The van der Waals surface area contributed by atoms with Crippen LogP contribution < -0.4 is 5.73 Å². The summed E-state index contributed by atoms with van der Waals surface area (Å²) in [5.41, 5.74) is 7.42. The van der Waals surface area contributed by atoms with Crippen LogP contribution in [0.3, 0.4) is 0 Å². The molecule has 2 N–H and O–H groups in total. The molecule has 0 spiro atoms. The number of likely N-dealkylation sites (tertiary alicyclic amines) is 1. The standard InChI is InChI=1S/C16H23FN2S/c1-16(2)6-3-8-19(9-7-16)11-12-4-5-14(17)13(10-12)15(18)20/h4-5,10H,3,6-9,11H2,1-2H3,(H2,18,20). The summed E-state index contributed by atoms with van der Waals surface area (Å²) in [6.07, 6.45) is 3.69. The van der Waals surface area contributed by atoms with E-state index in [-0.39, 0.29) is 10.8 Å². The molecule has 1 fully saturated rings. The van der Waals surface area contributed by atoms with Crippen molar-refractivity contribution in [3.8, 4) is 0 Å². The van der Waals surface area contributed by atoms with Crippen LogP contribution in [0.4, 0.5) is 4.39 Å². The molecular formula is C16H23FN2S. The molecule has 0 aliphatic carbocycles. The Morgan fingerprint density at radius 2 is 2.10 bits per heavy atom. The van der Waals surface area contributed by atoms with Crippen LogP contribution in [-0.2, 0) is 6.54 Å². The molecular weight excluding hydrogens is 271 g/mol. The molecule has 20 heavy (non-hydrogen) atoms. The monoisotopic (exact) mass is 294 g/mol. The van der Waals surface area contributed by atoms with Gasteiger partial charge in [0.2, 0.25) is 0 Å². The lowest BCUT2D eigenvalue weighted by Gasteiger charge is -2.23. The lowest BCUT2D eigenvalue weighted by molar-refractivity contribution is 0.256. The molecule has 0 amide bonds. The maximum atomic E-state index is 13.6. The largest absolute Gasteiger partial charge is 0.389 e. The number of hydrogen-bond acceptors (Lipinski definition) is 2. The van der Waals surface area contributed by atoms with Crippen LogP contribution >= 0.6 is 12.2 Å². The van der Waals surface area contributed by atoms with E-state index < -0.39 is 0 Å². The van der Waals surface area contributed by atoms with Gasteiger partial charge in [0.05, 0.1) is 0 Å². The Hall–Kier alpha value is -1.00. The maximum Gasteiger partial charge on any atom is 0.133 e. The summed E-state index contributed by atoms with van der Waals surface area (Å²) in [4.78, 5) is 2.56. The summed E-state index contributed by atoms with van der Waals surface area (Å²) in [5, 5.41) is 0. The van der Waals surface area contributed by atoms with E-state index in [2.05, 4.69) is 18.7 Å². The fourth-order valence-corrected chi connectivity index (χ4v) is 2.91. The van der Waals surface area contributed by atoms with Gasteiger partial charge in [-0.3, -0.25) is 4.90 Å². The molecule has 4 heteroatoms. The van der Waals surface area contributed by atoms with Crippen molar-refractivity contribution < 1.29 is 4.39 Å². The molecule has 2 rings (SSSR count). The Morgan fingerprint density at radius 3 is 2.80 bits per heavy atom. The van der Waals surface area contributed by atoms with Gasteiger partial charge in [-0.1, -0.05) is 32.1 Å².